The molecule has 0 aromatic heterocycles. The standard InChI is InChI=1S/C15H14FNO2/c1-10-3-2-4-13(14(10)16)15(19)17-9-11-5-7-12(18)8-6-11/h2-8,18H,9H2,1H3,(H,17,19). The largest absolute Gasteiger partial charge is 0.508 e. The molecule has 0 heterocycles. The van der Waals surface area contributed by atoms with Gasteiger partial charge >= 0.3 is 0 Å². The zero-order chi connectivity index (χ0) is 13.8. The van der Waals surface area contributed by atoms with Gasteiger partial charge in [-0.05, 0) is 36.2 Å². The first kappa shape index (κ1) is 13.1. The van der Waals surface area contributed by atoms with Crippen molar-refractivity contribution in [2.75, 3.05) is 0 Å². The first-order chi connectivity index (χ1) is 9.08. The van der Waals surface area contributed by atoms with E-state index in [1.165, 1.54) is 18.2 Å². The molecule has 4 heteroatoms. The maximum atomic E-state index is 13.7. The van der Waals surface area contributed by atoms with E-state index in [2.05, 4.69) is 5.32 Å². The lowest BCUT2D eigenvalue weighted by atomic mass is 10.1. The van der Waals surface area contributed by atoms with Crippen molar-refractivity contribution >= 4 is 5.91 Å². The molecule has 2 aromatic carbocycles. The fourth-order valence-electron chi connectivity index (χ4n) is 1.71. The summed E-state index contributed by atoms with van der Waals surface area (Å²) in [6.45, 7) is 1.90. The molecule has 98 valence electrons. The molecule has 0 radical (unpaired) electrons. The smallest absolute Gasteiger partial charge is 0.254 e. The Kier molecular flexibility index (Phi) is 3.80. The zero-order valence-electron chi connectivity index (χ0n) is 10.5. The summed E-state index contributed by atoms with van der Waals surface area (Å²) in [4.78, 5) is 11.9. The van der Waals surface area contributed by atoms with Gasteiger partial charge in [0.1, 0.15) is 11.6 Å². The highest BCUT2D eigenvalue weighted by atomic mass is 19.1. The van der Waals surface area contributed by atoms with Crippen LogP contribution in [0.25, 0.3) is 0 Å². The molecule has 2 N–H and O–H groups in total. The number of nitrogens with one attached hydrogen (secondary N) is 1. The van der Waals surface area contributed by atoms with Crippen LogP contribution in [0.2, 0.25) is 0 Å². The minimum Gasteiger partial charge on any atom is -0.508 e. The summed E-state index contributed by atoms with van der Waals surface area (Å²) in [5.41, 5.74) is 1.32. The number of hydrogen-bond acceptors (Lipinski definition) is 2. The summed E-state index contributed by atoms with van der Waals surface area (Å²) < 4.78 is 13.7. The van der Waals surface area contributed by atoms with Gasteiger partial charge in [0.05, 0.1) is 5.56 Å². The van der Waals surface area contributed by atoms with E-state index < -0.39 is 11.7 Å². The number of halogens is 1. The third-order valence-electron chi connectivity index (χ3n) is 2.83. The van der Waals surface area contributed by atoms with Crippen LogP contribution in [0.1, 0.15) is 21.5 Å². The number of amides is 1. The Labute approximate surface area is 110 Å². The molecule has 19 heavy (non-hydrogen) atoms. The topological polar surface area (TPSA) is 49.3 Å². The van der Waals surface area contributed by atoms with E-state index in [9.17, 15) is 9.18 Å². The summed E-state index contributed by atoms with van der Waals surface area (Å²) >= 11 is 0. The van der Waals surface area contributed by atoms with E-state index in [-0.39, 0.29) is 17.9 Å². The van der Waals surface area contributed by atoms with Gasteiger partial charge in [-0.1, -0.05) is 24.3 Å². The molecular weight excluding hydrogens is 245 g/mol. The van der Waals surface area contributed by atoms with E-state index in [0.29, 0.717) is 5.56 Å². The summed E-state index contributed by atoms with van der Waals surface area (Å²) in [5.74, 6) is -0.778. The minimum absolute atomic E-state index is 0.0405. The Morgan fingerprint density at radius 2 is 1.89 bits per heavy atom. The molecule has 0 saturated heterocycles. The summed E-state index contributed by atoms with van der Waals surface area (Å²) in [6, 6.07) is 11.2. The molecule has 0 aliphatic rings. The van der Waals surface area contributed by atoms with Gasteiger partial charge in [0.15, 0.2) is 0 Å². The van der Waals surface area contributed by atoms with Gasteiger partial charge < -0.3 is 10.4 Å². The first-order valence-corrected chi connectivity index (χ1v) is 5.89. The van der Waals surface area contributed by atoms with E-state index in [4.69, 9.17) is 5.11 Å². The maximum absolute atomic E-state index is 13.7. The molecule has 0 atom stereocenters. The summed E-state index contributed by atoms with van der Waals surface area (Å²) in [5, 5.41) is 11.8. The van der Waals surface area contributed by atoms with E-state index in [1.807, 2.05) is 0 Å². The molecule has 0 spiro atoms. The quantitative estimate of drug-likeness (QED) is 0.890. The van der Waals surface area contributed by atoms with Crippen LogP contribution in [0.5, 0.6) is 5.75 Å². The third kappa shape index (κ3) is 3.10. The number of aryl methyl sites for hydroxylation is 1. The Morgan fingerprint density at radius 1 is 1.21 bits per heavy atom. The van der Waals surface area contributed by atoms with Gasteiger partial charge in [-0.25, -0.2) is 4.39 Å². The van der Waals surface area contributed by atoms with Gasteiger partial charge in [0.2, 0.25) is 0 Å². The zero-order valence-corrected chi connectivity index (χ0v) is 10.5. The number of rotatable bonds is 3. The second kappa shape index (κ2) is 5.52. The van der Waals surface area contributed by atoms with Crippen molar-refractivity contribution < 1.29 is 14.3 Å². The Balaban J connectivity index is 2.05. The highest BCUT2D eigenvalue weighted by Crippen LogP contribution is 2.13. The number of phenolic OH excluding ortho intramolecular Hbond substituents is 1. The van der Waals surface area contributed by atoms with Crippen LogP contribution in [0.3, 0.4) is 0 Å². The second-order valence-electron chi connectivity index (χ2n) is 4.29. The highest BCUT2D eigenvalue weighted by Gasteiger charge is 2.12. The second-order valence-corrected chi connectivity index (χ2v) is 4.29. The fourth-order valence-corrected chi connectivity index (χ4v) is 1.71. The maximum Gasteiger partial charge on any atom is 0.254 e. The molecule has 3 nitrogen and oxygen atoms in total. The molecular formula is C15H14FNO2. The van der Waals surface area contributed by atoms with Crippen LogP contribution in [0.15, 0.2) is 42.5 Å². The summed E-state index contributed by atoms with van der Waals surface area (Å²) in [6.07, 6.45) is 0. The SMILES string of the molecule is Cc1cccc(C(=O)NCc2ccc(O)cc2)c1F. The van der Waals surface area contributed by atoms with Gasteiger partial charge in [-0.2, -0.15) is 0 Å². The lowest BCUT2D eigenvalue weighted by Crippen LogP contribution is -2.24. The van der Waals surface area contributed by atoms with E-state index in [0.717, 1.165) is 5.56 Å². The van der Waals surface area contributed by atoms with Crippen molar-refractivity contribution in [3.05, 3.63) is 65.0 Å². The lowest BCUT2D eigenvalue weighted by Gasteiger charge is -2.07. The van der Waals surface area contributed by atoms with E-state index >= 15 is 0 Å². The van der Waals surface area contributed by atoms with Gasteiger partial charge in [-0.15, -0.1) is 0 Å². The molecule has 1 amide bonds. The molecule has 0 saturated carbocycles. The van der Waals surface area contributed by atoms with Crippen LogP contribution < -0.4 is 5.32 Å². The molecule has 2 rings (SSSR count). The molecule has 0 aliphatic heterocycles. The Morgan fingerprint density at radius 3 is 2.58 bits per heavy atom. The number of hydrogen-bond donors (Lipinski definition) is 2. The van der Waals surface area contributed by atoms with Crippen LogP contribution in [-0.2, 0) is 6.54 Å². The van der Waals surface area contributed by atoms with Crippen molar-refractivity contribution in [2.24, 2.45) is 0 Å². The van der Waals surface area contributed by atoms with Crippen LogP contribution >= 0.6 is 0 Å². The minimum atomic E-state index is -0.495. The van der Waals surface area contributed by atoms with Crippen molar-refractivity contribution in [1.29, 1.82) is 0 Å². The number of phenols is 1. The Bertz CT molecular complexity index is 594. The monoisotopic (exact) mass is 259 g/mol. The highest BCUT2D eigenvalue weighted by molar-refractivity contribution is 5.94. The molecule has 0 unspecified atom stereocenters. The normalized spacial score (nSPS) is 10.2. The average molecular weight is 259 g/mol. The van der Waals surface area contributed by atoms with Crippen LogP contribution in [0.4, 0.5) is 4.39 Å². The number of aromatic hydroxyl groups is 1. The Hall–Kier alpha value is -2.36. The van der Waals surface area contributed by atoms with E-state index in [1.54, 1.807) is 31.2 Å². The lowest BCUT2D eigenvalue weighted by molar-refractivity contribution is 0.0946. The summed E-state index contributed by atoms with van der Waals surface area (Å²) in [7, 11) is 0. The van der Waals surface area contributed by atoms with Crippen LogP contribution in [-0.4, -0.2) is 11.0 Å². The van der Waals surface area contributed by atoms with Gasteiger partial charge in [0, 0.05) is 6.54 Å². The van der Waals surface area contributed by atoms with Gasteiger partial charge in [-0.3, -0.25) is 4.79 Å². The molecule has 0 bridgehead atoms. The molecule has 0 fully saturated rings. The number of benzene rings is 2. The number of carbonyl (C=O) groups is 1. The third-order valence-corrected chi connectivity index (χ3v) is 2.83. The van der Waals surface area contributed by atoms with Gasteiger partial charge in [0.25, 0.3) is 5.91 Å². The predicted molar refractivity (Wildman–Crippen MR) is 70.4 cm³/mol. The van der Waals surface area contributed by atoms with Crippen LogP contribution in [0, 0.1) is 12.7 Å². The molecule has 0 aliphatic carbocycles. The first-order valence-electron chi connectivity index (χ1n) is 5.89. The van der Waals surface area contributed by atoms with Crippen molar-refractivity contribution in [1.82, 2.24) is 5.32 Å². The predicted octanol–water partition coefficient (Wildman–Crippen LogP) is 2.77. The van der Waals surface area contributed by atoms with Crippen molar-refractivity contribution in [2.45, 2.75) is 13.5 Å². The average Bonchev–Trinajstić information content (AvgIpc) is 2.41. The van der Waals surface area contributed by atoms with Crippen molar-refractivity contribution in [3.8, 4) is 5.75 Å². The van der Waals surface area contributed by atoms with Crippen molar-refractivity contribution in [3.63, 3.8) is 0 Å². The fraction of sp³-hybridized carbons (Fsp3) is 0.133. The molecule has 2 aromatic rings. The number of carbonyl (C=O) groups excluding carboxylic acids is 1.